The molecule has 60 valence electrons. The third-order valence-corrected chi connectivity index (χ3v) is 1.64. The second kappa shape index (κ2) is 3.48. The molecule has 0 atom stereocenters. The number of esters is 1. The number of carbonyl (C=O) groups excluding carboxylic acids is 1. The Labute approximate surface area is 73.2 Å². The molecule has 0 amide bonds. The molecule has 1 aromatic heterocycles. The molecule has 0 bridgehead atoms. The maximum absolute atomic E-state index is 11.1. The molecule has 1 heterocycles. The Morgan fingerprint density at radius 1 is 2.00 bits per heavy atom. The SMILES string of the molecule is [2H]C([2H])([2H])c1nc(C(=O)OCC)cs1. The average Bonchev–Trinajstić information content (AvgIpc) is 2.51. The lowest BCUT2D eigenvalue weighted by atomic mass is 10.5. The van der Waals surface area contributed by atoms with Gasteiger partial charge < -0.3 is 4.74 Å². The molecule has 0 fully saturated rings. The lowest BCUT2D eigenvalue weighted by Gasteiger charge is -1.95. The van der Waals surface area contributed by atoms with E-state index in [1.807, 2.05) is 0 Å². The zero-order valence-corrected chi connectivity index (χ0v) is 6.77. The van der Waals surface area contributed by atoms with E-state index < -0.39 is 12.8 Å². The first kappa shape index (κ1) is 4.87. The van der Waals surface area contributed by atoms with Crippen molar-refractivity contribution in [2.24, 2.45) is 0 Å². The molecule has 0 aliphatic rings. The maximum atomic E-state index is 11.1. The topological polar surface area (TPSA) is 39.2 Å². The first-order valence-corrected chi connectivity index (χ1v) is 3.96. The molecule has 0 aliphatic heterocycles. The number of hydrogen-bond donors (Lipinski definition) is 0. The molecule has 0 radical (unpaired) electrons. The van der Waals surface area contributed by atoms with Crippen molar-refractivity contribution in [2.45, 2.75) is 13.8 Å². The molecule has 0 aromatic carbocycles. The molecule has 0 spiro atoms. The van der Waals surface area contributed by atoms with E-state index in [1.165, 1.54) is 5.38 Å². The Hall–Kier alpha value is -0.900. The second-order valence-corrected chi connectivity index (χ2v) is 2.62. The van der Waals surface area contributed by atoms with Gasteiger partial charge in [0, 0.05) is 9.49 Å². The predicted octanol–water partition coefficient (Wildman–Crippen LogP) is 1.63. The summed E-state index contributed by atoms with van der Waals surface area (Å²) in [6.07, 6.45) is 0. The highest BCUT2D eigenvalue weighted by Gasteiger charge is 2.08. The summed E-state index contributed by atoms with van der Waals surface area (Å²) < 4.78 is 25.9. The van der Waals surface area contributed by atoms with E-state index in [0.717, 1.165) is 11.3 Å². The number of rotatable bonds is 2. The van der Waals surface area contributed by atoms with Crippen molar-refractivity contribution < 1.29 is 13.6 Å². The minimum Gasteiger partial charge on any atom is -0.461 e. The number of ether oxygens (including phenoxy) is 1. The third kappa shape index (κ3) is 2.01. The fraction of sp³-hybridized carbons (Fsp3) is 0.429. The second-order valence-electron chi connectivity index (χ2n) is 1.76. The van der Waals surface area contributed by atoms with Gasteiger partial charge in [-0.2, -0.15) is 0 Å². The minimum absolute atomic E-state index is 0.0412. The summed E-state index contributed by atoms with van der Waals surface area (Å²) in [5.74, 6) is -0.584. The quantitative estimate of drug-likeness (QED) is 0.640. The van der Waals surface area contributed by atoms with Crippen LogP contribution in [0.15, 0.2) is 5.38 Å². The van der Waals surface area contributed by atoms with Gasteiger partial charge in [-0.15, -0.1) is 11.3 Å². The largest absolute Gasteiger partial charge is 0.461 e. The van der Waals surface area contributed by atoms with Gasteiger partial charge in [-0.05, 0) is 13.8 Å². The molecule has 1 aromatic rings. The molecule has 0 saturated carbocycles. The van der Waals surface area contributed by atoms with Crippen LogP contribution in [-0.4, -0.2) is 17.6 Å². The molecule has 0 saturated heterocycles. The van der Waals surface area contributed by atoms with Crippen molar-refractivity contribution in [3.8, 4) is 0 Å². The van der Waals surface area contributed by atoms with Gasteiger partial charge in [-0.25, -0.2) is 9.78 Å². The van der Waals surface area contributed by atoms with E-state index in [9.17, 15) is 4.79 Å². The fourth-order valence-electron chi connectivity index (χ4n) is 0.573. The summed E-state index contributed by atoms with van der Waals surface area (Å²) in [5, 5.41) is 1.35. The highest BCUT2D eigenvalue weighted by molar-refractivity contribution is 7.09. The molecule has 0 unspecified atom stereocenters. The van der Waals surface area contributed by atoms with Crippen molar-refractivity contribution in [3.05, 3.63) is 16.1 Å². The van der Waals surface area contributed by atoms with Crippen molar-refractivity contribution >= 4 is 17.3 Å². The monoisotopic (exact) mass is 174 g/mol. The van der Waals surface area contributed by atoms with Gasteiger partial charge in [0.2, 0.25) is 0 Å². The Balaban J connectivity index is 2.83. The summed E-state index contributed by atoms with van der Waals surface area (Å²) >= 11 is 0.936. The predicted molar refractivity (Wildman–Crippen MR) is 42.8 cm³/mol. The van der Waals surface area contributed by atoms with Crippen molar-refractivity contribution in [1.82, 2.24) is 4.98 Å². The molecular formula is C7H9NO2S. The van der Waals surface area contributed by atoms with Crippen LogP contribution >= 0.6 is 11.3 Å². The van der Waals surface area contributed by atoms with Crippen LogP contribution in [0.5, 0.6) is 0 Å². The molecule has 11 heavy (non-hydrogen) atoms. The average molecular weight is 174 g/mol. The highest BCUT2D eigenvalue weighted by Crippen LogP contribution is 2.08. The third-order valence-electron chi connectivity index (χ3n) is 0.989. The summed E-state index contributed by atoms with van der Waals surface area (Å²) in [4.78, 5) is 14.8. The first-order chi connectivity index (χ1) is 6.45. The molecule has 1 rings (SSSR count). The van der Waals surface area contributed by atoms with Crippen LogP contribution in [0.4, 0.5) is 0 Å². The maximum Gasteiger partial charge on any atom is 0.357 e. The molecule has 4 heteroatoms. The summed E-state index contributed by atoms with van der Waals surface area (Å²) in [6.45, 7) is -0.330. The van der Waals surface area contributed by atoms with E-state index in [1.54, 1.807) is 6.92 Å². The van der Waals surface area contributed by atoms with Gasteiger partial charge >= 0.3 is 5.97 Å². The van der Waals surface area contributed by atoms with Gasteiger partial charge in [0.15, 0.2) is 5.69 Å². The Kier molecular flexibility index (Phi) is 1.54. The van der Waals surface area contributed by atoms with Gasteiger partial charge in [-0.1, -0.05) is 0 Å². The van der Waals surface area contributed by atoms with Crippen LogP contribution in [0.25, 0.3) is 0 Å². The normalized spacial score (nSPS) is 14.8. The number of carbonyl (C=O) groups is 1. The fourth-order valence-corrected chi connectivity index (χ4v) is 1.10. The Morgan fingerprint density at radius 3 is 3.36 bits per heavy atom. The zero-order valence-electron chi connectivity index (χ0n) is 8.96. The van der Waals surface area contributed by atoms with Crippen LogP contribution in [0.3, 0.4) is 0 Å². The van der Waals surface area contributed by atoms with E-state index in [2.05, 4.69) is 9.72 Å². The zero-order chi connectivity index (χ0) is 10.8. The van der Waals surface area contributed by atoms with Crippen molar-refractivity contribution in [2.75, 3.05) is 6.61 Å². The Bertz CT molecular complexity index is 334. The first-order valence-electron chi connectivity index (χ1n) is 4.58. The van der Waals surface area contributed by atoms with Crippen LogP contribution < -0.4 is 0 Å². The van der Waals surface area contributed by atoms with Gasteiger partial charge in [0.1, 0.15) is 0 Å². The van der Waals surface area contributed by atoms with E-state index in [4.69, 9.17) is 4.11 Å². The number of aryl methyl sites for hydroxylation is 1. The lowest BCUT2D eigenvalue weighted by Crippen LogP contribution is -2.04. The summed E-state index contributed by atoms with van der Waals surface area (Å²) in [5.41, 5.74) is 0.0583. The van der Waals surface area contributed by atoms with E-state index in [0.29, 0.717) is 0 Å². The standard InChI is InChI=1S/C7H9NO2S/c1-3-10-7(9)6-4-11-5(2)8-6/h4H,3H2,1-2H3/i2D3. The summed E-state index contributed by atoms with van der Waals surface area (Å²) in [7, 11) is 0. The molecule has 3 nitrogen and oxygen atoms in total. The smallest absolute Gasteiger partial charge is 0.357 e. The minimum atomic E-state index is -2.25. The highest BCUT2D eigenvalue weighted by atomic mass is 32.1. The molecule has 0 N–H and O–H groups in total. The van der Waals surface area contributed by atoms with Crippen LogP contribution in [0, 0.1) is 6.85 Å². The van der Waals surface area contributed by atoms with Crippen molar-refractivity contribution in [3.63, 3.8) is 0 Å². The number of aromatic nitrogens is 1. The van der Waals surface area contributed by atoms with Crippen LogP contribution in [0.1, 0.15) is 26.5 Å². The molecular weight excluding hydrogens is 162 g/mol. The van der Waals surface area contributed by atoms with Gasteiger partial charge in [0.25, 0.3) is 0 Å². The lowest BCUT2D eigenvalue weighted by molar-refractivity contribution is 0.0520. The number of thiazole rings is 1. The van der Waals surface area contributed by atoms with E-state index >= 15 is 0 Å². The summed E-state index contributed by atoms with van der Waals surface area (Å²) in [6, 6.07) is 0. The van der Waals surface area contributed by atoms with Crippen LogP contribution in [0.2, 0.25) is 0 Å². The van der Waals surface area contributed by atoms with Gasteiger partial charge in [0.05, 0.1) is 11.6 Å². The van der Waals surface area contributed by atoms with Crippen molar-refractivity contribution in [1.29, 1.82) is 0 Å². The van der Waals surface area contributed by atoms with Gasteiger partial charge in [-0.3, -0.25) is 0 Å². The molecule has 0 aliphatic carbocycles. The number of hydrogen-bond acceptors (Lipinski definition) is 4. The van der Waals surface area contributed by atoms with E-state index in [-0.39, 0.29) is 17.3 Å². The number of nitrogens with zero attached hydrogens (tertiary/aromatic N) is 1. The Morgan fingerprint density at radius 2 is 2.82 bits per heavy atom. The van der Waals surface area contributed by atoms with Crippen LogP contribution in [-0.2, 0) is 4.74 Å².